The molecule has 0 aliphatic heterocycles. The molecule has 1 unspecified atom stereocenters. The first-order valence-corrected chi connectivity index (χ1v) is 8.25. The number of hydrogen-bond donors (Lipinski definition) is 1. The Morgan fingerprint density at radius 3 is 2.53 bits per heavy atom. The Labute approximate surface area is 117 Å². The van der Waals surface area contributed by atoms with Gasteiger partial charge in [-0.25, -0.2) is 0 Å². The van der Waals surface area contributed by atoms with Gasteiger partial charge in [0.1, 0.15) is 0 Å². The van der Waals surface area contributed by atoms with Gasteiger partial charge in [-0.1, -0.05) is 45.4 Å². The van der Waals surface area contributed by atoms with Crippen molar-refractivity contribution in [1.29, 1.82) is 0 Å². The van der Waals surface area contributed by atoms with Crippen LogP contribution >= 0.6 is 27.3 Å². The van der Waals surface area contributed by atoms with Crippen LogP contribution in [0.25, 0.3) is 0 Å². The molecule has 0 bridgehead atoms. The molecule has 1 heterocycles. The van der Waals surface area contributed by atoms with E-state index in [1.807, 2.05) is 0 Å². The Balaban J connectivity index is 2.03. The van der Waals surface area contributed by atoms with E-state index in [9.17, 15) is 5.11 Å². The van der Waals surface area contributed by atoms with E-state index in [1.165, 1.54) is 37.0 Å². The Morgan fingerprint density at radius 2 is 1.88 bits per heavy atom. The number of aliphatic hydroxyl groups excluding tert-OH is 1. The van der Waals surface area contributed by atoms with Gasteiger partial charge in [-0.05, 0) is 34.5 Å². The summed E-state index contributed by atoms with van der Waals surface area (Å²) < 4.78 is 1.15. The molecule has 0 saturated carbocycles. The molecule has 0 fully saturated rings. The molecule has 17 heavy (non-hydrogen) atoms. The Bertz CT molecular complexity index is 298. The first-order chi connectivity index (χ1) is 8.22. The molecule has 0 aliphatic rings. The minimum absolute atomic E-state index is 0.160. The van der Waals surface area contributed by atoms with E-state index in [4.69, 9.17) is 0 Å². The number of unbranched alkanes of at least 4 members (excludes halogenated alkanes) is 5. The molecule has 0 spiro atoms. The quantitative estimate of drug-likeness (QED) is 0.623. The third-order valence-corrected chi connectivity index (χ3v) is 4.60. The van der Waals surface area contributed by atoms with Gasteiger partial charge in [0, 0.05) is 11.3 Å². The van der Waals surface area contributed by atoms with Gasteiger partial charge in [0.15, 0.2) is 0 Å². The molecular weight excluding hydrogens is 296 g/mol. The average molecular weight is 319 g/mol. The van der Waals surface area contributed by atoms with Crippen LogP contribution in [0.2, 0.25) is 0 Å². The zero-order valence-corrected chi connectivity index (χ0v) is 13.0. The molecule has 0 saturated heterocycles. The second-order valence-corrected chi connectivity index (χ2v) is 7.17. The van der Waals surface area contributed by atoms with Crippen LogP contribution in [0, 0.1) is 0 Å². The van der Waals surface area contributed by atoms with Crippen LogP contribution in [0.3, 0.4) is 0 Å². The van der Waals surface area contributed by atoms with Crippen molar-refractivity contribution < 1.29 is 5.11 Å². The number of rotatable bonds is 9. The molecule has 1 atom stereocenters. The van der Waals surface area contributed by atoms with Gasteiger partial charge >= 0.3 is 0 Å². The van der Waals surface area contributed by atoms with Crippen LogP contribution < -0.4 is 0 Å². The normalized spacial score (nSPS) is 12.9. The molecule has 1 nitrogen and oxygen atoms in total. The summed E-state index contributed by atoms with van der Waals surface area (Å²) in [5.41, 5.74) is 0. The number of thiophene rings is 1. The number of aliphatic hydroxyl groups is 1. The van der Waals surface area contributed by atoms with E-state index in [0.29, 0.717) is 0 Å². The van der Waals surface area contributed by atoms with Crippen LogP contribution in [-0.2, 0) is 6.42 Å². The summed E-state index contributed by atoms with van der Waals surface area (Å²) in [6.45, 7) is 2.24. The maximum absolute atomic E-state index is 9.91. The van der Waals surface area contributed by atoms with Crippen LogP contribution in [0.1, 0.15) is 56.7 Å². The maximum Gasteiger partial charge on any atom is 0.0701 e. The average Bonchev–Trinajstić information content (AvgIpc) is 2.69. The summed E-state index contributed by atoms with van der Waals surface area (Å²) in [4.78, 5) is 1.27. The standard InChI is InChI=1S/C14H23BrOS/c1-2-3-4-5-6-7-8-12(16)11-13-9-10-14(15)17-13/h9-10,12,16H,2-8,11H2,1H3. The summed E-state index contributed by atoms with van der Waals surface area (Å²) in [7, 11) is 0. The molecule has 1 rings (SSSR count). The predicted octanol–water partition coefficient (Wildman–Crippen LogP) is 5.16. The lowest BCUT2D eigenvalue weighted by molar-refractivity contribution is 0.161. The Morgan fingerprint density at radius 1 is 1.18 bits per heavy atom. The van der Waals surface area contributed by atoms with Gasteiger partial charge < -0.3 is 5.11 Å². The molecule has 1 N–H and O–H groups in total. The van der Waals surface area contributed by atoms with Crippen molar-refractivity contribution in [2.75, 3.05) is 0 Å². The maximum atomic E-state index is 9.91. The monoisotopic (exact) mass is 318 g/mol. The molecule has 0 aromatic carbocycles. The van der Waals surface area contributed by atoms with Crippen LogP contribution in [0.4, 0.5) is 0 Å². The van der Waals surface area contributed by atoms with Crippen molar-refractivity contribution in [3.05, 3.63) is 20.8 Å². The summed E-state index contributed by atoms with van der Waals surface area (Å²) in [5, 5.41) is 9.91. The molecule has 98 valence electrons. The smallest absolute Gasteiger partial charge is 0.0701 e. The van der Waals surface area contributed by atoms with Gasteiger partial charge in [0.25, 0.3) is 0 Å². The van der Waals surface area contributed by atoms with Crippen LogP contribution in [0.5, 0.6) is 0 Å². The molecule has 1 aromatic heterocycles. The summed E-state index contributed by atoms with van der Waals surface area (Å²) in [6, 6.07) is 4.15. The zero-order valence-electron chi connectivity index (χ0n) is 10.6. The van der Waals surface area contributed by atoms with Crippen LogP contribution in [0.15, 0.2) is 15.9 Å². The lowest BCUT2D eigenvalue weighted by Crippen LogP contribution is -2.09. The fourth-order valence-corrected chi connectivity index (χ4v) is 3.51. The molecule has 0 aliphatic carbocycles. The minimum atomic E-state index is -0.160. The molecule has 3 heteroatoms. The highest BCUT2D eigenvalue weighted by atomic mass is 79.9. The fraction of sp³-hybridized carbons (Fsp3) is 0.714. The SMILES string of the molecule is CCCCCCCCC(O)Cc1ccc(Br)s1. The third-order valence-electron chi connectivity index (χ3n) is 2.96. The largest absolute Gasteiger partial charge is 0.393 e. The molecule has 1 aromatic rings. The van der Waals surface area contributed by atoms with E-state index in [2.05, 4.69) is 35.0 Å². The third kappa shape index (κ3) is 7.22. The van der Waals surface area contributed by atoms with Crippen molar-refractivity contribution in [2.45, 2.75) is 64.4 Å². The Kier molecular flexibility index (Phi) is 8.15. The molecule has 0 radical (unpaired) electrons. The van der Waals surface area contributed by atoms with E-state index in [0.717, 1.165) is 23.0 Å². The summed E-state index contributed by atoms with van der Waals surface area (Å²) >= 11 is 5.17. The highest BCUT2D eigenvalue weighted by molar-refractivity contribution is 9.11. The first kappa shape index (κ1) is 15.2. The van der Waals surface area contributed by atoms with Crippen molar-refractivity contribution in [1.82, 2.24) is 0 Å². The highest BCUT2D eigenvalue weighted by Gasteiger charge is 2.07. The second kappa shape index (κ2) is 9.12. The van der Waals surface area contributed by atoms with Gasteiger partial charge in [-0.15, -0.1) is 11.3 Å². The van der Waals surface area contributed by atoms with Crippen molar-refractivity contribution in [3.8, 4) is 0 Å². The first-order valence-electron chi connectivity index (χ1n) is 6.64. The lowest BCUT2D eigenvalue weighted by atomic mass is 10.1. The zero-order chi connectivity index (χ0) is 12.5. The van der Waals surface area contributed by atoms with Gasteiger partial charge in [0.2, 0.25) is 0 Å². The topological polar surface area (TPSA) is 20.2 Å². The molecular formula is C14H23BrOS. The van der Waals surface area contributed by atoms with Crippen molar-refractivity contribution in [3.63, 3.8) is 0 Å². The van der Waals surface area contributed by atoms with E-state index in [1.54, 1.807) is 11.3 Å². The highest BCUT2D eigenvalue weighted by Crippen LogP contribution is 2.24. The number of halogens is 1. The van der Waals surface area contributed by atoms with Gasteiger partial charge in [-0.3, -0.25) is 0 Å². The lowest BCUT2D eigenvalue weighted by Gasteiger charge is -2.08. The minimum Gasteiger partial charge on any atom is -0.393 e. The van der Waals surface area contributed by atoms with Gasteiger partial charge in [-0.2, -0.15) is 0 Å². The van der Waals surface area contributed by atoms with Crippen molar-refractivity contribution in [2.24, 2.45) is 0 Å². The predicted molar refractivity (Wildman–Crippen MR) is 79.7 cm³/mol. The summed E-state index contributed by atoms with van der Waals surface area (Å²) in [6.07, 6.45) is 9.36. The van der Waals surface area contributed by atoms with Crippen molar-refractivity contribution >= 4 is 27.3 Å². The van der Waals surface area contributed by atoms with Gasteiger partial charge in [0.05, 0.1) is 9.89 Å². The number of hydrogen-bond acceptors (Lipinski definition) is 2. The van der Waals surface area contributed by atoms with E-state index in [-0.39, 0.29) is 6.10 Å². The fourth-order valence-electron chi connectivity index (χ4n) is 1.96. The van der Waals surface area contributed by atoms with Crippen LogP contribution in [-0.4, -0.2) is 11.2 Å². The summed E-state index contributed by atoms with van der Waals surface area (Å²) in [5.74, 6) is 0. The van der Waals surface area contributed by atoms with E-state index < -0.39 is 0 Å². The van der Waals surface area contributed by atoms with E-state index >= 15 is 0 Å². The second-order valence-electron chi connectivity index (χ2n) is 4.62. The Hall–Kier alpha value is 0.140. The molecule has 0 amide bonds.